The molecule has 0 bridgehead atoms. The van der Waals surface area contributed by atoms with Crippen molar-refractivity contribution in [2.45, 2.75) is 0 Å². The molecule has 0 amide bonds. The lowest BCUT2D eigenvalue weighted by atomic mass is 9.30. The minimum atomic E-state index is -0.147. The third-order valence-electron chi connectivity index (χ3n) is 17.7. The zero-order valence-electron chi connectivity index (χ0n) is 47.0. The topological polar surface area (TPSA) is 19.4 Å². The zero-order chi connectivity index (χ0) is 56.7. The van der Waals surface area contributed by atoms with Crippen LogP contribution in [-0.4, -0.2) is 13.4 Å². The molecule has 0 radical (unpaired) electrons. The summed E-state index contributed by atoms with van der Waals surface area (Å²) in [5, 5.41) is 0. The van der Waals surface area contributed by atoms with Crippen LogP contribution in [0.5, 0.6) is 0 Å². The van der Waals surface area contributed by atoms with Crippen molar-refractivity contribution in [3.8, 4) is 0 Å². The van der Waals surface area contributed by atoms with E-state index in [9.17, 15) is 0 Å². The molecule has 0 N–H and O–H groups in total. The van der Waals surface area contributed by atoms with Gasteiger partial charge in [-0.15, -0.1) is 0 Å². The average molecular weight is 1100 g/mol. The first-order chi connectivity index (χ1) is 42.7. The Balaban J connectivity index is 0.995. The molecule has 13 aromatic carbocycles. The molecule has 8 heteroatoms. The maximum atomic E-state index is 2.62. The van der Waals surface area contributed by atoms with Gasteiger partial charge < -0.3 is 29.4 Å². The SMILES string of the molecule is c1ccc(N(c2ccccc2)c2cc3c4c(c2)N(c2ccccc2)c2cc5c(cc2B4c2ccccc2N3c2ccccc2)B2c3ccccc3N(c3ccccc3)c3cc(N(c4ccccc4)c4ccccc4)cc(c32)N5c2ccccc2)cc1. The Kier molecular flexibility index (Phi) is 11.7. The quantitative estimate of drug-likeness (QED) is 0.126. The van der Waals surface area contributed by atoms with Crippen LogP contribution in [0.2, 0.25) is 0 Å². The van der Waals surface area contributed by atoms with Crippen molar-refractivity contribution in [3.63, 3.8) is 0 Å². The molecule has 6 nitrogen and oxygen atoms in total. The second-order valence-corrected chi connectivity index (χ2v) is 22.4. The summed E-state index contributed by atoms with van der Waals surface area (Å²) in [7, 11) is 0. The van der Waals surface area contributed by atoms with E-state index in [1.165, 1.54) is 32.8 Å². The van der Waals surface area contributed by atoms with Crippen LogP contribution >= 0.6 is 0 Å². The highest BCUT2D eigenvalue weighted by Crippen LogP contribution is 2.52. The van der Waals surface area contributed by atoms with Crippen LogP contribution < -0.4 is 62.2 Å². The van der Waals surface area contributed by atoms with E-state index in [1.807, 2.05) is 0 Å². The molecule has 0 aromatic heterocycles. The Bertz CT molecular complexity index is 4300. The fourth-order valence-corrected chi connectivity index (χ4v) is 14.2. The smallest absolute Gasteiger partial charge is 0.252 e. The van der Waals surface area contributed by atoms with Crippen molar-refractivity contribution >= 4 is 149 Å². The van der Waals surface area contributed by atoms with Crippen LogP contribution in [0.1, 0.15) is 0 Å². The molecule has 0 saturated heterocycles. The van der Waals surface area contributed by atoms with Gasteiger partial charge in [-0.3, -0.25) is 0 Å². The summed E-state index contributed by atoms with van der Waals surface area (Å²) in [4.78, 5) is 15.0. The predicted octanol–water partition coefficient (Wildman–Crippen LogP) is 16.8. The number of nitrogens with zero attached hydrogens (tertiary/aromatic N) is 6. The summed E-state index contributed by atoms with van der Waals surface area (Å²) in [6, 6.07) is 120. The number of anilines is 18. The second-order valence-electron chi connectivity index (χ2n) is 22.4. The van der Waals surface area contributed by atoms with Crippen molar-refractivity contribution < 1.29 is 0 Å². The molecule has 17 rings (SSSR count). The normalized spacial score (nSPS) is 13.0. The van der Waals surface area contributed by atoms with Crippen LogP contribution in [0.25, 0.3) is 0 Å². The van der Waals surface area contributed by atoms with E-state index < -0.39 is 0 Å². The molecule has 0 fully saturated rings. The Morgan fingerprint density at radius 3 is 0.721 bits per heavy atom. The third kappa shape index (κ3) is 7.84. The van der Waals surface area contributed by atoms with E-state index >= 15 is 0 Å². The second kappa shape index (κ2) is 20.3. The standard InChI is InChI=1S/C78H54B2N6/c1-9-29-55(30-10-1)81(56-31-11-2-12-32-56)63-49-73-77-75(51-63)85(61-41-21-7-22-42-61)71-54-72-68(53-67(71)79(77)65-45-25-27-47-69(65)83(73)59-37-17-5-18-38-59)80-66-46-26-28-48-70(66)84(60-39-19-6-20-40-60)74-50-64(52-76(78(74)80)86(72)62-43-23-8-24-44-62)82(57-33-13-3-14-34-57)58-35-15-4-16-36-58/h1-54H. The number of hydrogen-bond donors (Lipinski definition) is 0. The molecule has 4 aliphatic rings. The Morgan fingerprint density at radius 2 is 0.430 bits per heavy atom. The minimum Gasteiger partial charge on any atom is -0.311 e. The average Bonchev–Trinajstić information content (AvgIpc) is 0.707. The van der Waals surface area contributed by atoms with Crippen LogP contribution in [0.3, 0.4) is 0 Å². The monoisotopic (exact) mass is 1100 g/mol. The summed E-state index contributed by atoms with van der Waals surface area (Å²) in [6.45, 7) is -0.295. The maximum Gasteiger partial charge on any atom is 0.252 e. The molecule has 4 aliphatic heterocycles. The Morgan fingerprint density at radius 1 is 0.186 bits per heavy atom. The molecule has 13 aromatic rings. The van der Waals surface area contributed by atoms with Gasteiger partial charge in [0.25, 0.3) is 13.4 Å². The van der Waals surface area contributed by atoms with Crippen molar-refractivity contribution in [2.75, 3.05) is 29.4 Å². The lowest BCUT2D eigenvalue weighted by molar-refractivity contribution is 1.21. The van der Waals surface area contributed by atoms with Crippen molar-refractivity contribution in [3.05, 3.63) is 328 Å². The van der Waals surface area contributed by atoms with E-state index in [4.69, 9.17) is 0 Å². The molecule has 0 atom stereocenters. The van der Waals surface area contributed by atoms with E-state index in [0.29, 0.717) is 0 Å². The first kappa shape index (κ1) is 49.4. The van der Waals surface area contributed by atoms with Gasteiger partial charge >= 0.3 is 0 Å². The van der Waals surface area contributed by atoms with Crippen molar-refractivity contribution in [1.29, 1.82) is 0 Å². The summed E-state index contributed by atoms with van der Waals surface area (Å²) in [5.41, 5.74) is 27.5. The van der Waals surface area contributed by atoms with Gasteiger partial charge in [0.2, 0.25) is 0 Å². The molecular formula is C78H54B2N6. The zero-order valence-corrected chi connectivity index (χ0v) is 47.0. The third-order valence-corrected chi connectivity index (χ3v) is 17.7. The van der Waals surface area contributed by atoms with Crippen LogP contribution in [-0.2, 0) is 0 Å². The van der Waals surface area contributed by atoms with Crippen LogP contribution in [0, 0.1) is 0 Å². The lowest BCUT2D eigenvalue weighted by Gasteiger charge is -2.47. The number of hydrogen-bond acceptors (Lipinski definition) is 6. The highest BCUT2D eigenvalue weighted by Gasteiger charge is 2.49. The molecule has 0 aliphatic carbocycles. The van der Waals surface area contributed by atoms with Crippen LogP contribution in [0.4, 0.5) is 102 Å². The fraction of sp³-hybridized carbons (Fsp3) is 0. The fourth-order valence-electron chi connectivity index (χ4n) is 14.2. The van der Waals surface area contributed by atoms with Gasteiger partial charge in [0.15, 0.2) is 0 Å². The van der Waals surface area contributed by atoms with Crippen molar-refractivity contribution in [1.82, 2.24) is 0 Å². The maximum absolute atomic E-state index is 2.62. The number of rotatable bonds is 10. The molecule has 4 heterocycles. The molecule has 86 heavy (non-hydrogen) atoms. The Labute approximate surface area is 502 Å². The first-order valence-electron chi connectivity index (χ1n) is 29.7. The Hall–Kier alpha value is -11.2. The highest BCUT2D eigenvalue weighted by atomic mass is 15.2. The van der Waals surface area contributed by atoms with Crippen molar-refractivity contribution in [2.24, 2.45) is 0 Å². The first-order valence-corrected chi connectivity index (χ1v) is 29.7. The molecular weight excluding hydrogens is 1040 g/mol. The van der Waals surface area contributed by atoms with Gasteiger partial charge in [-0.25, -0.2) is 0 Å². The van der Waals surface area contributed by atoms with Crippen LogP contribution in [0.15, 0.2) is 328 Å². The molecule has 402 valence electrons. The molecule has 0 unspecified atom stereocenters. The van der Waals surface area contributed by atoms with E-state index in [1.54, 1.807) is 0 Å². The molecule has 0 spiro atoms. The minimum absolute atomic E-state index is 0.147. The van der Waals surface area contributed by atoms with Gasteiger partial charge in [-0.2, -0.15) is 0 Å². The largest absolute Gasteiger partial charge is 0.311 e. The predicted molar refractivity (Wildman–Crippen MR) is 364 cm³/mol. The summed E-state index contributed by atoms with van der Waals surface area (Å²) >= 11 is 0. The molecule has 0 saturated carbocycles. The van der Waals surface area contributed by atoms with Gasteiger partial charge in [0.1, 0.15) is 0 Å². The van der Waals surface area contributed by atoms with Gasteiger partial charge in [0.05, 0.1) is 11.4 Å². The summed E-state index contributed by atoms with van der Waals surface area (Å²) in [6.07, 6.45) is 0. The van der Waals surface area contributed by atoms with Gasteiger partial charge in [-0.1, -0.05) is 188 Å². The van der Waals surface area contributed by atoms with E-state index in [0.717, 1.165) is 102 Å². The van der Waals surface area contributed by atoms with Gasteiger partial charge in [-0.05, 0) is 172 Å². The number of fused-ring (bicyclic) bond motifs is 8. The highest BCUT2D eigenvalue weighted by molar-refractivity contribution is 7.03. The number of benzene rings is 13. The van der Waals surface area contributed by atoms with E-state index in [-0.39, 0.29) is 13.4 Å². The van der Waals surface area contributed by atoms with E-state index in [2.05, 4.69) is 357 Å². The lowest BCUT2D eigenvalue weighted by Crippen LogP contribution is -2.65. The van der Waals surface area contributed by atoms with Gasteiger partial charge in [0, 0.05) is 91.0 Å². The summed E-state index contributed by atoms with van der Waals surface area (Å²) < 4.78 is 0. The number of para-hydroxylation sites is 10. The summed E-state index contributed by atoms with van der Waals surface area (Å²) in [5.74, 6) is 0.